The molecular formula is C29H38N2O5S. The van der Waals surface area contributed by atoms with Crippen LogP contribution < -0.4 is 0 Å². The van der Waals surface area contributed by atoms with E-state index in [9.17, 15) is 19.5 Å². The molecule has 2 amide bonds. The highest BCUT2D eigenvalue weighted by Crippen LogP contribution is 2.66. The molecule has 0 radical (unpaired) electrons. The van der Waals surface area contributed by atoms with Crippen molar-refractivity contribution in [3.8, 4) is 0 Å². The van der Waals surface area contributed by atoms with Crippen LogP contribution in [0.4, 0.5) is 0 Å². The van der Waals surface area contributed by atoms with Gasteiger partial charge in [-0.1, -0.05) is 42.5 Å². The molecular weight excluding hydrogens is 488 g/mol. The molecule has 8 heteroatoms. The number of allylic oxidation sites excluding steroid dienone is 1. The smallest absolute Gasteiger partial charge is 0.310 e. The summed E-state index contributed by atoms with van der Waals surface area (Å²) in [6.07, 6.45) is 7.63. The molecule has 3 heterocycles. The highest BCUT2D eigenvalue weighted by molar-refractivity contribution is 8.02. The summed E-state index contributed by atoms with van der Waals surface area (Å²) >= 11 is 1.65. The molecule has 0 aromatic heterocycles. The van der Waals surface area contributed by atoms with Gasteiger partial charge in [0.1, 0.15) is 6.04 Å². The van der Waals surface area contributed by atoms with Crippen LogP contribution in [0.1, 0.15) is 44.1 Å². The third-order valence-electron chi connectivity index (χ3n) is 7.79. The molecule has 2 unspecified atom stereocenters. The molecule has 3 aliphatic rings. The third kappa shape index (κ3) is 5.36. The number of rotatable bonds is 14. The van der Waals surface area contributed by atoms with Crippen molar-refractivity contribution in [2.24, 2.45) is 11.8 Å². The van der Waals surface area contributed by atoms with Crippen molar-refractivity contribution in [2.45, 2.75) is 61.1 Å². The first kappa shape index (κ1) is 27.5. The van der Waals surface area contributed by atoms with E-state index in [4.69, 9.17) is 4.74 Å². The Labute approximate surface area is 223 Å². The molecule has 7 nitrogen and oxygen atoms in total. The predicted octanol–water partition coefficient (Wildman–Crippen LogP) is 3.57. The van der Waals surface area contributed by atoms with Gasteiger partial charge in [-0.2, -0.15) is 0 Å². The Bertz CT molecular complexity index is 1000. The summed E-state index contributed by atoms with van der Waals surface area (Å²) in [5.41, 5.74) is 1.01. The van der Waals surface area contributed by atoms with Crippen LogP contribution in [0.15, 0.2) is 55.6 Å². The average Bonchev–Trinajstić information content (AvgIpc) is 3.54. The van der Waals surface area contributed by atoms with Gasteiger partial charge in [-0.25, -0.2) is 0 Å². The lowest BCUT2D eigenvalue weighted by Crippen LogP contribution is -2.54. The van der Waals surface area contributed by atoms with Crippen LogP contribution in [-0.2, 0) is 25.7 Å². The molecule has 1 N–H and O–H groups in total. The van der Waals surface area contributed by atoms with E-state index >= 15 is 0 Å². The van der Waals surface area contributed by atoms with Crippen LogP contribution >= 0.6 is 11.8 Å². The second kappa shape index (κ2) is 12.3. The fraction of sp³-hybridized carbons (Fsp3) is 0.552. The van der Waals surface area contributed by atoms with Gasteiger partial charge < -0.3 is 19.6 Å². The van der Waals surface area contributed by atoms with E-state index in [0.29, 0.717) is 45.5 Å². The van der Waals surface area contributed by atoms with E-state index in [1.54, 1.807) is 33.7 Å². The molecule has 3 fully saturated rings. The maximum Gasteiger partial charge on any atom is 0.310 e. The fourth-order valence-electron chi connectivity index (χ4n) is 6.20. The van der Waals surface area contributed by atoms with Gasteiger partial charge in [0.05, 0.1) is 23.2 Å². The SMILES string of the molecule is C=CCCCOC(=O)[C@@H]1[C@@H]2CCC3(S2)C(C(=O)N(CC=C)Cc2ccccc2)N(CCCCO)C(=O)[C@H]13. The van der Waals surface area contributed by atoms with Crippen molar-refractivity contribution >= 4 is 29.5 Å². The topological polar surface area (TPSA) is 87.2 Å². The molecule has 5 atom stereocenters. The number of hydrogen-bond donors (Lipinski definition) is 1. The van der Waals surface area contributed by atoms with E-state index in [1.807, 2.05) is 30.3 Å². The molecule has 1 aromatic carbocycles. The molecule has 3 aliphatic heterocycles. The van der Waals surface area contributed by atoms with Crippen molar-refractivity contribution in [1.82, 2.24) is 9.80 Å². The van der Waals surface area contributed by atoms with Crippen LogP contribution in [0.25, 0.3) is 0 Å². The number of esters is 1. The zero-order chi connectivity index (χ0) is 26.4. The third-order valence-corrected chi connectivity index (χ3v) is 9.74. The lowest BCUT2D eigenvalue weighted by Gasteiger charge is -2.37. The summed E-state index contributed by atoms with van der Waals surface area (Å²) in [7, 11) is 0. The molecule has 4 rings (SSSR count). The van der Waals surface area contributed by atoms with Gasteiger partial charge in [0.25, 0.3) is 0 Å². The summed E-state index contributed by atoms with van der Waals surface area (Å²) in [5.74, 6) is -1.64. The van der Waals surface area contributed by atoms with Gasteiger partial charge in [0.15, 0.2) is 0 Å². The monoisotopic (exact) mass is 526 g/mol. The number of aliphatic hydroxyl groups is 1. The molecule has 0 aliphatic carbocycles. The van der Waals surface area contributed by atoms with Gasteiger partial charge >= 0.3 is 5.97 Å². The minimum atomic E-state index is -0.652. The van der Waals surface area contributed by atoms with Gasteiger partial charge in [0, 0.05) is 31.5 Å². The molecule has 1 aromatic rings. The Hall–Kier alpha value is -2.58. The first-order valence-electron chi connectivity index (χ1n) is 13.3. The summed E-state index contributed by atoms with van der Waals surface area (Å²) in [6, 6.07) is 9.15. The lowest BCUT2D eigenvalue weighted by molar-refractivity contribution is -0.154. The van der Waals surface area contributed by atoms with E-state index < -0.39 is 22.6 Å². The number of likely N-dealkylation sites (tertiary alicyclic amines) is 1. The largest absolute Gasteiger partial charge is 0.465 e. The van der Waals surface area contributed by atoms with Crippen LogP contribution in [0.5, 0.6) is 0 Å². The van der Waals surface area contributed by atoms with Gasteiger partial charge in [-0.05, 0) is 44.1 Å². The van der Waals surface area contributed by atoms with Gasteiger partial charge in [-0.15, -0.1) is 24.9 Å². The van der Waals surface area contributed by atoms with Crippen LogP contribution in [-0.4, -0.2) is 75.0 Å². The van der Waals surface area contributed by atoms with Gasteiger partial charge in [0.2, 0.25) is 11.8 Å². The normalized spacial score (nSPS) is 27.7. The number of ether oxygens (including phenoxy) is 1. The number of carbonyl (C=O) groups excluding carboxylic acids is 3. The van der Waals surface area contributed by atoms with Crippen LogP contribution in [0.2, 0.25) is 0 Å². The molecule has 37 heavy (non-hydrogen) atoms. The fourth-order valence-corrected chi connectivity index (χ4v) is 8.40. The Morgan fingerprint density at radius 3 is 2.68 bits per heavy atom. The van der Waals surface area contributed by atoms with Crippen molar-refractivity contribution in [1.29, 1.82) is 0 Å². The second-order valence-electron chi connectivity index (χ2n) is 10.1. The number of fused-ring (bicyclic) bond motifs is 1. The number of thioether (sulfide) groups is 1. The highest BCUT2D eigenvalue weighted by atomic mass is 32.2. The van der Waals surface area contributed by atoms with Crippen LogP contribution in [0, 0.1) is 11.8 Å². The van der Waals surface area contributed by atoms with Crippen molar-refractivity contribution < 1.29 is 24.2 Å². The molecule has 0 saturated carbocycles. The Kier molecular flexibility index (Phi) is 9.13. The minimum absolute atomic E-state index is 0.0160. The van der Waals surface area contributed by atoms with E-state index in [-0.39, 0.29) is 29.6 Å². The zero-order valence-electron chi connectivity index (χ0n) is 21.4. The number of hydrogen-bond acceptors (Lipinski definition) is 6. The molecule has 1 spiro atoms. The Balaban J connectivity index is 1.63. The number of benzene rings is 1. The maximum absolute atomic E-state index is 14.3. The number of aliphatic hydroxyl groups excluding tert-OH is 1. The second-order valence-corrected chi connectivity index (χ2v) is 11.7. The molecule has 200 valence electrons. The first-order chi connectivity index (χ1) is 18.0. The van der Waals surface area contributed by atoms with Crippen molar-refractivity contribution in [3.05, 3.63) is 61.2 Å². The standard InChI is InChI=1S/C29H38N2O5S/c1-3-5-11-19-36-28(35)23-22-14-15-29(37-22)24(23)26(33)31(17-9-10-18-32)25(29)27(34)30(16-4-2)20-21-12-7-6-8-13-21/h3-4,6-8,12-13,22-25,32H,1-2,5,9-11,14-20H2/t22-,23+,24-,25?,29?/m0/s1. The quantitative estimate of drug-likeness (QED) is 0.227. The Morgan fingerprint density at radius 2 is 1.97 bits per heavy atom. The van der Waals surface area contributed by atoms with Crippen molar-refractivity contribution in [2.75, 3.05) is 26.3 Å². The summed E-state index contributed by atoms with van der Waals surface area (Å²) < 4.78 is 4.98. The molecule has 3 saturated heterocycles. The van der Waals surface area contributed by atoms with E-state index in [2.05, 4.69) is 13.2 Å². The van der Waals surface area contributed by atoms with E-state index in [1.165, 1.54) is 0 Å². The highest BCUT2D eigenvalue weighted by Gasteiger charge is 2.74. The zero-order valence-corrected chi connectivity index (χ0v) is 22.2. The summed E-state index contributed by atoms with van der Waals surface area (Å²) in [5, 5.41) is 9.33. The lowest BCUT2D eigenvalue weighted by atomic mass is 9.71. The van der Waals surface area contributed by atoms with Gasteiger partial charge in [-0.3, -0.25) is 14.4 Å². The maximum atomic E-state index is 14.3. The number of carbonyl (C=O) groups is 3. The van der Waals surface area contributed by atoms with E-state index in [0.717, 1.165) is 24.8 Å². The first-order valence-corrected chi connectivity index (χ1v) is 14.2. The summed E-state index contributed by atoms with van der Waals surface area (Å²) in [4.78, 5) is 44.9. The number of amides is 2. The molecule has 2 bridgehead atoms. The Morgan fingerprint density at radius 1 is 1.19 bits per heavy atom. The predicted molar refractivity (Wildman–Crippen MR) is 145 cm³/mol. The minimum Gasteiger partial charge on any atom is -0.465 e. The van der Waals surface area contributed by atoms with Crippen LogP contribution in [0.3, 0.4) is 0 Å². The number of nitrogens with zero attached hydrogens (tertiary/aromatic N) is 2. The number of unbranched alkanes of at least 4 members (excludes halogenated alkanes) is 2. The van der Waals surface area contributed by atoms with Crippen molar-refractivity contribution in [3.63, 3.8) is 0 Å². The summed E-state index contributed by atoms with van der Waals surface area (Å²) in [6.45, 7) is 9.07. The average molecular weight is 527 g/mol.